The lowest BCUT2D eigenvalue weighted by Gasteiger charge is -2.33. The summed E-state index contributed by atoms with van der Waals surface area (Å²) in [5.41, 5.74) is 0.597. The Kier molecular flexibility index (Phi) is 2.79. The van der Waals surface area contributed by atoms with Crippen molar-refractivity contribution in [2.45, 2.75) is 44.3 Å². The normalized spacial score (nSPS) is 28.8. The average molecular weight is 236 g/mol. The van der Waals surface area contributed by atoms with Crippen LogP contribution in [0.25, 0.3) is 0 Å². The molecule has 1 aliphatic heterocycles. The minimum Gasteiger partial charge on any atom is -0.490 e. The van der Waals surface area contributed by atoms with Gasteiger partial charge in [-0.3, -0.25) is 0 Å². The third kappa shape index (κ3) is 2.04. The molecule has 1 aromatic rings. The van der Waals surface area contributed by atoms with Gasteiger partial charge in [0, 0.05) is 12.0 Å². The second kappa shape index (κ2) is 4.30. The van der Waals surface area contributed by atoms with Crippen molar-refractivity contribution < 1.29 is 14.2 Å². The third-order valence-corrected chi connectivity index (χ3v) is 3.99. The lowest BCUT2D eigenvalue weighted by molar-refractivity contribution is 0.0353. The van der Waals surface area contributed by atoms with E-state index in [9.17, 15) is 9.50 Å². The molecule has 92 valence electrons. The smallest absolute Gasteiger partial charge is 0.125 e. The zero-order chi connectivity index (χ0) is 11.8. The monoisotopic (exact) mass is 236 g/mol. The van der Waals surface area contributed by atoms with Gasteiger partial charge in [0.25, 0.3) is 0 Å². The van der Waals surface area contributed by atoms with Crippen molar-refractivity contribution in [2.75, 3.05) is 0 Å². The minimum absolute atomic E-state index is 0.102. The molecule has 0 spiro atoms. The van der Waals surface area contributed by atoms with Gasteiger partial charge in [-0.05, 0) is 37.0 Å². The van der Waals surface area contributed by atoms with Crippen LogP contribution in [0.3, 0.4) is 0 Å². The molecule has 0 aromatic heterocycles. The molecule has 1 aliphatic carbocycles. The zero-order valence-corrected chi connectivity index (χ0v) is 9.73. The highest BCUT2D eigenvalue weighted by molar-refractivity contribution is 5.37. The minimum atomic E-state index is -0.583. The predicted octanol–water partition coefficient (Wildman–Crippen LogP) is 3.20. The first kappa shape index (κ1) is 11.0. The van der Waals surface area contributed by atoms with E-state index in [1.807, 2.05) is 0 Å². The Morgan fingerprint density at radius 1 is 1.24 bits per heavy atom. The molecule has 1 saturated carbocycles. The number of ether oxygens (including phenoxy) is 1. The Balaban J connectivity index is 1.84. The predicted molar refractivity (Wildman–Crippen MR) is 62.4 cm³/mol. The van der Waals surface area contributed by atoms with Crippen LogP contribution < -0.4 is 4.74 Å². The lowest BCUT2D eigenvalue weighted by Crippen LogP contribution is -2.31. The molecule has 3 rings (SSSR count). The quantitative estimate of drug-likeness (QED) is 0.811. The number of halogens is 1. The van der Waals surface area contributed by atoms with Crippen LogP contribution in [0.4, 0.5) is 4.39 Å². The van der Waals surface area contributed by atoms with Crippen LogP contribution in [0.15, 0.2) is 18.2 Å². The summed E-state index contributed by atoms with van der Waals surface area (Å²) in [4.78, 5) is 0. The van der Waals surface area contributed by atoms with Gasteiger partial charge >= 0.3 is 0 Å². The van der Waals surface area contributed by atoms with Crippen molar-refractivity contribution in [1.82, 2.24) is 0 Å². The fourth-order valence-electron chi connectivity index (χ4n) is 3.06. The molecule has 0 saturated heterocycles. The molecule has 2 unspecified atom stereocenters. The molecule has 17 heavy (non-hydrogen) atoms. The molecule has 2 nitrogen and oxygen atoms in total. The summed E-state index contributed by atoms with van der Waals surface area (Å²) >= 11 is 0. The van der Waals surface area contributed by atoms with Gasteiger partial charge in [-0.25, -0.2) is 4.39 Å². The molecular weight excluding hydrogens is 219 g/mol. The van der Waals surface area contributed by atoms with Crippen LogP contribution in [0, 0.1) is 11.7 Å². The SMILES string of the molecule is OC1CC(C2CCCC2)Oc2ccc(F)cc21. The summed E-state index contributed by atoms with van der Waals surface area (Å²) in [6, 6.07) is 4.41. The van der Waals surface area contributed by atoms with Crippen molar-refractivity contribution in [3.05, 3.63) is 29.6 Å². The largest absolute Gasteiger partial charge is 0.490 e. The summed E-state index contributed by atoms with van der Waals surface area (Å²) < 4.78 is 19.0. The molecule has 0 amide bonds. The molecule has 2 atom stereocenters. The van der Waals surface area contributed by atoms with Crippen LogP contribution in [-0.2, 0) is 0 Å². The van der Waals surface area contributed by atoms with Crippen LogP contribution >= 0.6 is 0 Å². The van der Waals surface area contributed by atoms with Gasteiger partial charge in [-0.2, -0.15) is 0 Å². The highest BCUT2D eigenvalue weighted by atomic mass is 19.1. The van der Waals surface area contributed by atoms with Crippen molar-refractivity contribution >= 4 is 0 Å². The van der Waals surface area contributed by atoms with Gasteiger partial charge in [-0.1, -0.05) is 12.8 Å². The second-order valence-corrected chi connectivity index (χ2v) is 5.13. The Labute approximate surface area is 100 Å². The van der Waals surface area contributed by atoms with Crippen molar-refractivity contribution in [1.29, 1.82) is 0 Å². The molecule has 0 radical (unpaired) electrons. The van der Waals surface area contributed by atoms with Gasteiger partial charge in [0.2, 0.25) is 0 Å². The first-order valence-corrected chi connectivity index (χ1v) is 6.38. The van der Waals surface area contributed by atoms with E-state index >= 15 is 0 Å². The number of hydrogen-bond acceptors (Lipinski definition) is 2. The van der Waals surface area contributed by atoms with E-state index < -0.39 is 6.10 Å². The Hall–Kier alpha value is -1.09. The standard InChI is InChI=1S/C14H17FO2/c15-10-5-6-13-11(7-10)12(16)8-14(17-13)9-3-1-2-4-9/h5-7,9,12,14,16H,1-4,8H2. The summed E-state index contributed by atoms with van der Waals surface area (Å²) in [6.07, 6.45) is 5.02. The lowest BCUT2D eigenvalue weighted by atomic mass is 9.90. The van der Waals surface area contributed by atoms with E-state index in [2.05, 4.69) is 0 Å². The highest BCUT2D eigenvalue weighted by Gasteiger charge is 2.33. The maximum Gasteiger partial charge on any atom is 0.125 e. The number of rotatable bonds is 1. The van der Waals surface area contributed by atoms with E-state index in [1.54, 1.807) is 6.07 Å². The molecule has 2 aliphatic rings. The molecule has 3 heteroatoms. The van der Waals surface area contributed by atoms with Crippen LogP contribution in [0.5, 0.6) is 5.75 Å². The third-order valence-electron chi connectivity index (χ3n) is 3.99. The van der Waals surface area contributed by atoms with Gasteiger partial charge in [0.15, 0.2) is 0 Å². The topological polar surface area (TPSA) is 29.5 Å². The van der Waals surface area contributed by atoms with Crippen molar-refractivity contribution in [3.8, 4) is 5.75 Å². The summed E-state index contributed by atoms with van der Waals surface area (Å²) in [5.74, 6) is 0.899. The molecule has 1 N–H and O–H groups in total. The second-order valence-electron chi connectivity index (χ2n) is 5.13. The van der Waals surface area contributed by atoms with Crippen LogP contribution in [0.2, 0.25) is 0 Å². The first-order valence-electron chi connectivity index (χ1n) is 6.38. The van der Waals surface area contributed by atoms with Crippen LogP contribution in [0.1, 0.15) is 43.8 Å². The van der Waals surface area contributed by atoms with Crippen molar-refractivity contribution in [3.63, 3.8) is 0 Å². The molecule has 1 fully saturated rings. The zero-order valence-electron chi connectivity index (χ0n) is 9.73. The number of benzene rings is 1. The molecule has 0 bridgehead atoms. The Morgan fingerprint density at radius 2 is 2.00 bits per heavy atom. The number of aliphatic hydroxyl groups excluding tert-OH is 1. The maximum absolute atomic E-state index is 13.1. The van der Waals surface area contributed by atoms with Crippen molar-refractivity contribution in [2.24, 2.45) is 5.92 Å². The average Bonchev–Trinajstić information content (AvgIpc) is 2.83. The van der Waals surface area contributed by atoms with Gasteiger partial charge < -0.3 is 9.84 Å². The first-order chi connectivity index (χ1) is 8.24. The van der Waals surface area contributed by atoms with E-state index in [0.29, 0.717) is 23.7 Å². The van der Waals surface area contributed by atoms with E-state index in [4.69, 9.17) is 4.74 Å². The fraction of sp³-hybridized carbons (Fsp3) is 0.571. The summed E-state index contributed by atoms with van der Waals surface area (Å²) in [6.45, 7) is 0. The number of hydrogen-bond donors (Lipinski definition) is 1. The van der Waals surface area contributed by atoms with E-state index in [1.165, 1.54) is 37.8 Å². The summed E-state index contributed by atoms with van der Waals surface area (Å²) in [7, 11) is 0. The molecular formula is C14H17FO2. The Morgan fingerprint density at radius 3 is 2.76 bits per heavy atom. The van der Waals surface area contributed by atoms with Crippen LogP contribution in [-0.4, -0.2) is 11.2 Å². The molecule has 1 heterocycles. The maximum atomic E-state index is 13.1. The van der Waals surface area contributed by atoms with Gasteiger partial charge in [-0.15, -0.1) is 0 Å². The fourth-order valence-corrected chi connectivity index (χ4v) is 3.06. The van der Waals surface area contributed by atoms with Gasteiger partial charge in [0.05, 0.1) is 6.10 Å². The Bertz CT molecular complexity index is 413. The number of fused-ring (bicyclic) bond motifs is 1. The summed E-state index contributed by atoms with van der Waals surface area (Å²) in [5, 5.41) is 10.1. The number of aliphatic hydroxyl groups is 1. The molecule has 1 aromatic carbocycles. The highest BCUT2D eigenvalue weighted by Crippen LogP contribution is 2.41. The van der Waals surface area contributed by atoms with Gasteiger partial charge in [0.1, 0.15) is 17.7 Å². The van der Waals surface area contributed by atoms with E-state index in [-0.39, 0.29) is 11.9 Å². The van der Waals surface area contributed by atoms with E-state index in [0.717, 1.165) is 0 Å².